The topological polar surface area (TPSA) is 95.9 Å². The Labute approximate surface area is 349 Å². The maximum absolute atomic E-state index is 13.1. The first kappa shape index (κ1) is 54.9. The summed E-state index contributed by atoms with van der Waals surface area (Å²) < 4.78 is 5.92. The van der Waals surface area contributed by atoms with Gasteiger partial charge in [-0.1, -0.05) is 245 Å². The van der Waals surface area contributed by atoms with E-state index in [0.717, 1.165) is 38.5 Å². The molecule has 0 radical (unpaired) electrons. The zero-order valence-electron chi connectivity index (χ0n) is 38.0. The number of nitrogens with one attached hydrogen (secondary N) is 1. The van der Waals surface area contributed by atoms with Crippen molar-refractivity contribution in [2.45, 2.75) is 302 Å². The quantitative estimate of drug-likeness (QED) is 0.0421. The van der Waals surface area contributed by atoms with Crippen LogP contribution in [0.15, 0.2) is 0 Å². The largest absolute Gasteiger partial charge is 0.462 e. The SMILES string of the molecule is CCCCCCCCCCCCCCCCCCCC(=O)OC(CCCCCCCCCCCC)CC(=O)NC(CO)C(O)CCCCCCCCCCCC. The number of esters is 1. The summed E-state index contributed by atoms with van der Waals surface area (Å²) >= 11 is 0. The fourth-order valence-corrected chi connectivity index (χ4v) is 8.08. The van der Waals surface area contributed by atoms with E-state index in [-0.39, 0.29) is 24.9 Å². The third kappa shape index (κ3) is 39.7. The Kier molecular flexibility index (Phi) is 44.0. The van der Waals surface area contributed by atoms with Crippen LogP contribution in [-0.2, 0) is 14.3 Å². The van der Waals surface area contributed by atoms with Gasteiger partial charge in [-0.25, -0.2) is 0 Å². The molecule has 0 aromatic rings. The van der Waals surface area contributed by atoms with Crippen molar-refractivity contribution in [3.05, 3.63) is 0 Å². The summed E-state index contributed by atoms with van der Waals surface area (Å²) in [5, 5.41) is 23.7. The minimum atomic E-state index is -0.777. The van der Waals surface area contributed by atoms with E-state index in [0.29, 0.717) is 19.3 Å². The van der Waals surface area contributed by atoms with E-state index < -0.39 is 18.2 Å². The molecule has 0 aliphatic rings. The third-order valence-corrected chi connectivity index (χ3v) is 11.9. The second-order valence-electron chi connectivity index (χ2n) is 17.6. The van der Waals surface area contributed by atoms with Crippen molar-refractivity contribution in [1.82, 2.24) is 5.32 Å². The standard InChI is InChI=1S/C50H99NO5/c1-4-7-10-13-16-19-22-23-24-25-26-27-28-31-34-37-40-43-50(55)56-46(41-38-35-32-29-20-17-14-11-8-5-2)44-49(54)51-47(45-52)48(53)42-39-36-33-30-21-18-15-12-9-6-3/h46-48,52-53H,4-45H2,1-3H3,(H,51,54). The minimum Gasteiger partial charge on any atom is -0.462 e. The van der Waals surface area contributed by atoms with Crippen LogP contribution in [-0.4, -0.2) is 46.9 Å². The number of aliphatic hydroxyl groups excluding tert-OH is 2. The smallest absolute Gasteiger partial charge is 0.306 e. The molecule has 6 nitrogen and oxygen atoms in total. The number of rotatable bonds is 46. The Morgan fingerprint density at radius 1 is 0.446 bits per heavy atom. The highest BCUT2D eigenvalue weighted by molar-refractivity contribution is 5.77. The van der Waals surface area contributed by atoms with Gasteiger partial charge in [-0.05, 0) is 25.7 Å². The van der Waals surface area contributed by atoms with Gasteiger partial charge < -0.3 is 20.3 Å². The van der Waals surface area contributed by atoms with Crippen LogP contribution in [0.1, 0.15) is 284 Å². The molecule has 0 spiro atoms. The lowest BCUT2D eigenvalue weighted by Gasteiger charge is -2.24. The Morgan fingerprint density at radius 3 is 1.09 bits per heavy atom. The first-order chi connectivity index (χ1) is 27.5. The lowest BCUT2D eigenvalue weighted by molar-refractivity contribution is -0.151. The zero-order chi connectivity index (χ0) is 41.0. The number of carbonyl (C=O) groups is 2. The molecule has 0 saturated heterocycles. The maximum atomic E-state index is 13.1. The van der Waals surface area contributed by atoms with Crippen molar-refractivity contribution in [3.8, 4) is 0 Å². The first-order valence-electron chi connectivity index (χ1n) is 25.3. The fourth-order valence-electron chi connectivity index (χ4n) is 8.08. The Bertz CT molecular complexity index is 806. The van der Waals surface area contributed by atoms with Crippen LogP contribution in [0, 0.1) is 0 Å². The van der Waals surface area contributed by atoms with E-state index in [2.05, 4.69) is 26.1 Å². The number of ether oxygens (including phenoxy) is 1. The van der Waals surface area contributed by atoms with Gasteiger partial charge >= 0.3 is 5.97 Å². The molecule has 0 rings (SSSR count). The number of hydrogen-bond donors (Lipinski definition) is 3. The molecule has 0 aliphatic carbocycles. The Morgan fingerprint density at radius 2 is 0.750 bits per heavy atom. The molecule has 0 saturated carbocycles. The molecule has 56 heavy (non-hydrogen) atoms. The molecule has 0 aromatic carbocycles. The average molecular weight is 794 g/mol. The lowest BCUT2D eigenvalue weighted by Crippen LogP contribution is -2.46. The molecular formula is C50H99NO5. The van der Waals surface area contributed by atoms with Crippen LogP contribution in [0.4, 0.5) is 0 Å². The maximum Gasteiger partial charge on any atom is 0.306 e. The number of hydrogen-bond acceptors (Lipinski definition) is 5. The van der Waals surface area contributed by atoms with Crippen molar-refractivity contribution < 1.29 is 24.5 Å². The molecule has 0 heterocycles. The fraction of sp³-hybridized carbons (Fsp3) is 0.960. The second kappa shape index (κ2) is 45.0. The summed E-state index contributed by atoms with van der Waals surface area (Å²) in [4.78, 5) is 26.0. The van der Waals surface area contributed by atoms with Crippen LogP contribution in [0.25, 0.3) is 0 Å². The van der Waals surface area contributed by atoms with Gasteiger partial charge in [0.2, 0.25) is 5.91 Å². The highest BCUT2D eigenvalue weighted by atomic mass is 16.5. The average Bonchev–Trinajstić information content (AvgIpc) is 3.19. The highest BCUT2D eigenvalue weighted by Crippen LogP contribution is 2.18. The molecule has 0 fully saturated rings. The molecule has 0 bridgehead atoms. The van der Waals surface area contributed by atoms with E-state index in [1.165, 1.54) is 199 Å². The second-order valence-corrected chi connectivity index (χ2v) is 17.6. The minimum absolute atomic E-state index is 0.0870. The first-order valence-corrected chi connectivity index (χ1v) is 25.3. The van der Waals surface area contributed by atoms with Crippen molar-refractivity contribution in [2.75, 3.05) is 6.61 Å². The number of amides is 1. The van der Waals surface area contributed by atoms with E-state index >= 15 is 0 Å². The van der Waals surface area contributed by atoms with Gasteiger partial charge in [0, 0.05) is 6.42 Å². The summed E-state index contributed by atoms with van der Waals surface area (Å²) in [5.41, 5.74) is 0. The van der Waals surface area contributed by atoms with Crippen molar-refractivity contribution in [3.63, 3.8) is 0 Å². The normalized spacial score (nSPS) is 13.2. The highest BCUT2D eigenvalue weighted by Gasteiger charge is 2.24. The summed E-state index contributed by atoms with van der Waals surface area (Å²) in [6, 6.07) is -0.690. The van der Waals surface area contributed by atoms with Gasteiger partial charge in [-0.2, -0.15) is 0 Å². The van der Waals surface area contributed by atoms with E-state index in [4.69, 9.17) is 4.74 Å². The summed E-state index contributed by atoms with van der Waals surface area (Å²) in [7, 11) is 0. The molecule has 3 N–H and O–H groups in total. The van der Waals surface area contributed by atoms with Crippen LogP contribution >= 0.6 is 0 Å². The monoisotopic (exact) mass is 794 g/mol. The van der Waals surface area contributed by atoms with E-state index in [1.807, 2.05) is 0 Å². The van der Waals surface area contributed by atoms with Crippen LogP contribution in [0.2, 0.25) is 0 Å². The van der Waals surface area contributed by atoms with Gasteiger partial charge in [-0.3, -0.25) is 9.59 Å². The number of carbonyl (C=O) groups excluding carboxylic acids is 2. The molecule has 334 valence electrons. The van der Waals surface area contributed by atoms with Crippen LogP contribution < -0.4 is 5.32 Å². The van der Waals surface area contributed by atoms with Gasteiger partial charge in [0.25, 0.3) is 0 Å². The van der Waals surface area contributed by atoms with Crippen molar-refractivity contribution in [1.29, 1.82) is 0 Å². The van der Waals surface area contributed by atoms with Crippen LogP contribution in [0.3, 0.4) is 0 Å². The molecule has 3 atom stereocenters. The molecule has 3 unspecified atom stereocenters. The summed E-state index contributed by atoms with van der Waals surface area (Å²) in [5.74, 6) is -0.454. The predicted octanol–water partition coefficient (Wildman–Crippen LogP) is 14.8. The van der Waals surface area contributed by atoms with E-state index in [9.17, 15) is 19.8 Å². The van der Waals surface area contributed by atoms with Crippen molar-refractivity contribution in [2.24, 2.45) is 0 Å². The van der Waals surface area contributed by atoms with E-state index in [1.54, 1.807) is 0 Å². The molecule has 0 aliphatic heterocycles. The van der Waals surface area contributed by atoms with Gasteiger partial charge in [0.15, 0.2) is 0 Å². The lowest BCUT2D eigenvalue weighted by atomic mass is 10.0. The predicted molar refractivity (Wildman–Crippen MR) is 241 cm³/mol. The van der Waals surface area contributed by atoms with Gasteiger partial charge in [0.1, 0.15) is 6.10 Å². The number of unbranched alkanes of at least 4 members (excludes halogenated alkanes) is 34. The van der Waals surface area contributed by atoms with Crippen LogP contribution in [0.5, 0.6) is 0 Å². The summed E-state index contributed by atoms with van der Waals surface area (Å²) in [6.07, 6.45) is 47.4. The third-order valence-electron chi connectivity index (χ3n) is 11.9. The van der Waals surface area contributed by atoms with Crippen molar-refractivity contribution >= 4 is 11.9 Å². The summed E-state index contributed by atoms with van der Waals surface area (Å²) in [6.45, 7) is 6.49. The molecule has 1 amide bonds. The zero-order valence-corrected chi connectivity index (χ0v) is 38.0. The Balaban J connectivity index is 4.43. The number of aliphatic hydroxyl groups is 2. The van der Waals surface area contributed by atoms with Gasteiger partial charge in [-0.15, -0.1) is 0 Å². The Hall–Kier alpha value is -1.14. The molecular weight excluding hydrogens is 695 g/mol. The molecule has 0 aromatic heterocycles. The van der Waals surface area contributed by atoms with Gasteiger partial charge in [0.05, 0.1) is 25.2 Å². The molecule has 6 heteroatoms.